The Morgan fingerprint density at radius 3 is 2.10 bits per heavy atom. The van der Waals surface area contributed by atoms with Crippen molar-refractivity contribution in [1.82, 2.24) is 0 Å². The molecule has 0 heterocycles. The second-order valence-corrected chi connectivity index (χ2v) is 4.77. The SMILES string of the molecule is CC(C)C[N]=[Al][CH2]C(C)C. The van der Waals surface area contributed by atoms with Crippen LogP contribution in [0.25, 0.3) is 0 Å². The van der Waals surface area contributed by atoms with Crippen molar-refractivity contribution >= 4 is 15.0 Å². The molecule has 1 nitrogen and oxygen atoms in total. The third kappa shape index (κ3) is 8.33. The second-order valence-electron chi connectivity index (χ2n) is 3.57. The summed E-state index contributed by atoms with van der Waals surface area (Å²) in [6.07, 6.45) is 0. The van der Waals surface area contributed by atoms with Gasteiger partial charge in [-0.1, -0.05) is 0 Å². The maximum absolute atomic E-state index is 4.49. The molecule has 0 fully saturated rings. The van der Waals surface area contributed by atoms with E-state index in [-0.39, 0.29) is 0 Å². The molecule has 0 saturated heterocycles. The number of hydrogen-bond acceptors (Lipinski definition) is 1. The van der Waals surface area contributed by atoms with E-state index in [1.807, 2.05) is 0 Å². The van der Waals surface area contributed by atoms with Crippen LogP contribution in [0.4, 0.5) is 0 Å². The van der Waals surface area contributed by atoms with Crippen LogP contribution in [0, 0.1) is 11.8 Å². The summed E-state index contributed by atoms with van der Waals surface area (Å²) < 4.78 is 4.49. The van der Waals surface area contributed by atoms with E-state index >= 15 is 0 Å². The molecule has 0 unspecified atom stereocenters. The predicted octanol–water partition coefficient (Wildman–Crippen LogP) is 2.60. The maximum atomic E-state index is 4.49. The molecule has 2 heteroatoms. The van der Waals surface area contributed by atoms with Gasteiger partial charge in [0, 0.05) is 0 Å². The summed E-state index contributed by atoms with van der Waals surface area (Å²) in [7, 11) is 0. The first-order valence-corrected chi connectivity index (χ1v) is 5.44. The predicted molar refractivity (Wildman–Crippen MR) is 47.5 cm³/mol. The Kier molecular flexibility index (Phi) is 6.27. The van der Waals surface area contributed by atoms with Crippen molar-refractivity contribution in [3.63, 3.8) is 0 Å². The molecule has 0 radical (unpaired) electrons. The van der Waals surface area contributed by atoms with Crippen LogP contribution in [0.5, 0.6) is 0 Å². The van der Waals surface area contributed by atoms with Gasteiger partial charge in [-0.25, -0.2) is 0 Å². The molecule has 0 spiro atoms. The van der Waals surface area contributed by atoms with Gasteiger partial charge in [-0.15, -0.1) is 0 Å². The van der Waals surface area contributed by atoms with Crippen LogP contribution in [-0.2, 0) is 0 Å². The van der Waals surface area contributed by atoms with Crippen molar-refractivity contribution in [3.05, 3.63) is 0 Å². The zero-order valence-corrected chi connectivity index (χ0v) is 8.75. The van der Waals surface area contributed by atoms with Crippen molar-refractivity contribution in [3.8, 4) is 0 Å². The van der Waals surface area contributed by atoms with Crippen LogP contribution in [0.2, 0.25) is 5.28 Å². The molecule has 58 valence electrons. The summed E-state index contributed by atoms with van der Waals surface area (Å²) in [6, 6.07) is 0. The monoisotopic (exact) mass is 155 g/mol. The Morgan fingerprint density at radius 2 is 1.70 bits per heavy atom. The number of hydrogen-bond donors (Lipinski definition) is 0. The Morgan fingerprint density at radius 1 is 1.10 bits per heavy atom. The molecule has 10 heavy (non-hydrogen) atoms. The Balaban J connectivity index is 3.20. The van der Waals surface area contributed by atoms with Crippen LogP contribution in [0.1, 0.15) is 27.7 Å². The molecule has 0 rings (SSSR count). The van der Waals surface area contributed by atoms with Gasteiger partial charge in [0.25, 0.3) is 0 Å². The van der Waals surface area contributed by atoms with Gasteiger partial charge in [-0.3, -0.25) is 0 Å². The molecule has 0 N–H and O–H groups in total. The Hall–Kier alpha value is 0.332. The molecule has 0 atom stereocenters. The molecule has 0 bridgehead atoms. The van der Waals surface area contributed by atoms with Crippen LogP contribution in [0.3, 0.4) is 0 Å². The fraction of sp³-hybridized carbons (Fsp3) is 1.00. The fourth-order valence-electron chi connectivity index (χ4n) is 0.571. The normalized spacial score (nSPS) is 11.4. The topological polar surface area (TPSA) is 12.4 Å². The van der Waals surface area contributed by atoms with Crippen LogP contribution in [-0.4, -0.2) is 21.6 Å². The van der Waals surface area contributed by atoms with E-state index in [0.29, 0.717) is 15.0 Å². The molecular weight excluding hydrogens is 137 g/mol. The van der Waals surface area contributed by atoms with Crippen LogP contribution >= 0.6 is 0 Å². The van der Waals surface area contributed by atoms with Gasteiger partial charge in [0.1, 0.15) is 0 Å². The average molecular weight is 155 g/mol. The van der Waals surface area contributed by atoms with E-state index in [4.69, 9.17) is 0 Å². The molecule has 0 amide bonds. The van der Waals surface area contributed by atoms with Crippen molar-refractivity contribution in [2.75, 3.05) is 6.54 Å². The van der Waals surface area contributed by atoms with Crippen molar-refractivity contribution < 1.29 is 0 Å². The molecule has 0 saturated carbocycles. The van der Waals surface area contributed by atoms with Gasteiger partial charge in [0.2, 0.25) is 0 Å². The summed E-state index contributed by atoms with van der Waals surface area (Å²) in [5.74, 6) is 1.59. The van der Waals surface area contributed by atoms with Crippen molar-refractivity contribution in [1.29, 1.82) is 0 Å². The summed E-state index contributed by atoms with van der Waals surface area (Å²) >= 11 is 0.388. The Bertz CT molecular complexity index is 85.4. The number of rotatable bonds is 4. The third-order valence-electron chi connectivity index (χ3n) is 1.18. The number of nitrogens with zero attached hydrogens (tertiary/aromatic N) is 1. The van der Waals surface area contributed by atoms with E-state index in [9.17, 15) is 0 Å². The average Bonchev–Trinajstić information content (AvgIpc) is 1.79. The first kappa shape index (κ1) is 10.3. The molecule has 0 aromatic carbocycles. The summed E-state index contributed by atoms with van der Waals surface area (Å²) in [6.45, 7) is 10.0. The zero-order valence-electron chi connectivity index (χ0n) is 7.59. The minimum absolute atomic E-state index is 0.388. The standard InChI is InChI=1S/C4H9N.C4H9.Al/c1-4(2)3-5;1-4(2)3;/h4H,3H2,1-2H3;4H,1H2,2-3H3;. The van der Waals surface area contributed by atoms with Gasteiger partial charge >= 0.3 is 70.3 Å². The molecule has 0 aliphatic rings. The van der Waals surface area contributed by atoms with Gasteiger partial charge in [0.15, 0.2) is 0 Å². The first-order chi connectivity index (χ1) is 4.63. The van der Waals surface area contributed by atoms with Crippen molar-refractivity contribution in [2.24, 2.45) is 15.8 Å². The molecule has 0 aliphatic carbocycles. The van der Waals surface area contributed by atoms with E-state index in [1.165, 1.54) is 5.28 Å². The van der Waals surface area contributed by atoms with E-state index in [0.717, 1.165) is 18.4 Å². The zero-order chi connectivity index (χ0) is 7.98. The molecule has 0 aliphatic heterocycles. The Labute approximate surface area is 70.7 Å². The van der Waals surface area contributed by atoms with Gasteiger partial charge in [-0.05, 0) is 0 Å². The van der Waals surface area contributed by atoms with E-state index in [1.54, 1.807) is 0 Å². The van der Waals surface area contributed by atoms with Crippen LogP contribution in [0.15, 0.2) is 3.93 Å². The third-order valence-corrected chi connectivity index (χ3v) is 2.80. The molecule has 0 aromatic heterocycles. The first-order valence-electron chi connectivity index (χ1n) is 4.11. The van der Waals surface area contributed by atoms with Gasteiger partial charge in [0.05, 0.1) is 0 Å². The summed E-state index contributed by atoms with van der Waals surface area (Å²) in [5, 5.41) is 1.33. The van der Waals surface area contributed by atoms with E-state index < -0.39 is 0 Å². The molecule has 0 aromatic rings. The van der Waals surface area contributed by atoms with Gasteiger partial charge in [-0.2, -0.15) is 0 Å². The second kappa shape index (κ2) is 6.07. The van der Waals surface area contributed by atoms with Gasteiger partial charge < -0.3 is 0 Å². The molecular formula is C8H18AlN. The van der Waals surface area contributed by atoms with Crippen LogP contribution < -0.4 is 0 Å². The minimum atomic E-state index is 0.388. The quantitative estimate of drug-likeness (QED) is 0.553. The summed E-state index contributed by atoms with van der Waals surface area (Å²) in [4.78, 5) is 0. The fourth-order valence-corrected chi connectivity index (χ4v) is 1.71. The summed E-state index contributed by atoms with van der Waals surface area (Å²) in [5.41, 5.74) is 0. The van der Waals surface area contributed by atoms with E-state index in [2.05, 4.69) is 31.6 Å². The van der Waals surface area contributed by atoms with Crippen molar-refractivity contribution in [2.45, 2.75) is 33.0 Å².